The summed E-state index contributed by atoms with van der Waals surface area (Å²) in [6.07, 6.45) is 3.96. The van der Waals surface area contributed by atoms with Gasteiger partial charge in [0.05, 0.1) is 19.7 Å². The summed E-state index contributed by atoms with van der Waals surface area (Å²) >= 11 is 1.86. The first kappa shape index (κ1) is 26.7. The summed E-state index contributed by atoms with van der Waals surface area (Å²) in [6, 6.07) is 15.6. The van der Waals surface area contributed by atoms with Crippen molar-refractivity contribution in [3.8, 4) is 11.5 Å². The average molecular weight is 513 g/mol. The molecule has 0 bridgehead atoms. The Hall–Kier alpha value is -2.35. The van der Waals surface area contributed by atoms with Crippen LogP contribution in [0.4, 0.5) is 4.39 Å². The molecule has 2 heterocycles. The molecule has 4 rings (SSSR count). The lowest BCUT2D eigenvalue weighted by Crippen LogP contribution is -2.42. The lowest BCUT2D eigenvalue weighted by molar-refractivity contribution is 0.0640. The number of likely N-dealkylation sites (tertiary alicyclic amines) is 1. The molecule has 1 N–H and O–H groups in total. The van der Waals surface area contributed by atoms with Crippen molar-refractivity contribution < 1.29 is 19.0 Å². The summed E-state index contributed by atoms with van der Waals surface area (Å²) in [5.74, 6) is 3.20. The highest BCUT2D eigenvalue weighted by Gasteiger charge is 2.29. The second-order valence-corrected chi connectivity index (χ2v) is 10.7. The van der Waals surface area contributed by atoms with Gasteiger partial charge in [0, 0.05) is 29.6 Å². The highest BCUT2D eigenvalue weighted by atomic mass is 32.2. The number of alkyl halides is 1. The van der Waals surface area contributed by atoms with Crippen LogP contribution in [0.25, 0.3) is 10.9 Å². The number of hydrogen-bond acceptors (Lipinski definition) is 6. The van der Waals surface area contributed by atoms with Gasteiger partial charge in [0.15, 0.2) is 0 Å². The molecule has 0 radical (unpaired) electrons. The van der Waals surface area contributed by atoms with Gasteiger partial charge in [0.2, 0.25) is 0 Å². The Morgan fingerprint density at radius 2 is 1.86 bits per heavy atom. The van der Waals surface area contributed by atoms with E-state index in [4.69, 9.17) is 9.47 Å². The average Bonchev–Trinajstić information content (AvgIpc) is 2.93. The number of aliphatic hydroxyl groups is 1. The summed E-state index contributed by atoms with van der Waals surface area (Å²) in [5, 5.41) is 10.9. The standard InChI is InChI=1S/C29H37FN2O3S/c1-34-23-5-8-25(9-6-23)36-17-3-15-32-16-13-21(22(19-32)20-33)4-10-28(30)26-12-14-31-29-11-7-24(35-2)18-27(26)29/h5-9,11-12,14,18,21-22,28,33H,3-4,10,13,15-17,19-20H2,1-2H3/t21-,22-,28+/m1/s1. The van der Waals surface area contributed by atoms with Crippen LogP contribution in [0, 0.1) is 11.8 Å². The van der Waals surface area contributed by atoms with Gasteiger partial charge < -0.3 is 19.5 Å². The third kappa shape index (κ3) is 6.90. The number of fused-ring (bicyclic) bond motifs is 1. The van der Waals surface area contributed by atoms with Crippen molar-refractivity contribution in [2.45, 2.75) is 36.8 Å². The fraction of sp³-hybridized carbons (Fsp3) is 0.483. The number of nitrogens with zero attached hydrogens (tertiary/aromatic N) is 2. The molecule has 0 unspecified atom stereocenters. The number of benzene rings is 2. The molecule has 0 saturated carbocycles. The number of rotatable bonds is 12. The highest BCUT2D eigenvalue weighted by molar-refractivity contribution is 7.99. The topological polar surface area (TPSA) is 54.8 Å². The zero-order valence-corrected chi connectivity index (χ0v) is 22.1. The Kier molecular flexibility index (Phi) is 9.84. The molecule has 0 amide bonds. The molecule has 36 heavy (non-hydrogen) atoms. The van der Waals surface area contributed by atoms with E-state index in [9.17, 15) is 5.11 Å². The van der Waals surface area contributed by atoms with Crippen molar-refractivity contribution in [3.05, 3.63) is 60.3 Å². The maximum atomic E-state index is 15.4. The molecule has 3 aromatic rings. The minimum Gasteiger partial charge on any atom is -0.497 e. The van der Waals surface area contributed by atoms with Gasteiger partial charge in [-0.3, -0.25) is 4.98 Å². The molecule has 1 aromatic heterocycles. The van der Waals surface area contributed by atoms with Crippen molar-refractivity contribution in [2.75, 3.05) is 46.2 Å². The maximum absolute atomic E-state index is 15.4. The van der Waals surface area contributed by atoms with Gasteiger partial charge in [-0.05, 0) is 110 Å². The van der Waals surface area contributed by atoms with Crippen molar-refractivity contribution in [3.63, 3.8) is 0 Å². The van der Waals surface area contributed by atoms with Crippen LogP contribution in [0.15, 0.2) is 59.6 Å². The molecular formula is C29H37FN2O3S. The number of ether oxygens (including phenoxy) is 2. The third-order valence-corrected chi connectivity index (χ3v) is 8.37. The van der Waals surface area contributed by atoms with Crippen molar-refractivity contribution in [1.82, 2.24) is 9.88 Å². The number of halogens is 1. The lowest BCUT2D eigenvalue weighted by atomic mass is 9.81. The van der Waals surface area contributed by atoms with Crippen molar-refractivity contribution in [1.29, 1.82) is 0 Å². The van der Waals surface area contributed by atoms with Crippen LogP contribution >= 0.6 is 11.8 Å². The van der Waals surface area contributed by atoms with Crippen LogP contribution < -0.4 is 9.47 Å². The van der Waals surface area contributed by atoms with E-state index in [0.717, 1.165) is 61.3 Å². The predicted molar refractivity (Wildman–Crippen MR) is 145 cm³/mol. The van der Waals surface area contributed by atoms with Crippen LogP contribution in [0.5, 0.6) is 11.5 Å². The SMILES string of the molecule is COc1ccc(SCCCN2CC[C@@H](CC[C@H](F)c3ccnc4ccc(OC)cc34)[C@@H](CO)C2)cc1. The molecule has 7 heteroatoms. The van der Waals surface area contributed by atoms with E-state index in [2.05, 4.69) is 22.0 Å². The molecule has 0 spiro atoms. The molecule has 1 fully saturated rings. The van der Waals surface area contributed by atoms with Gasteiger partial charge in [0.25, 0.3) is 0 Å². The van der Waals surface area contributed by atoms with Crippen LogP contribution in [-0.2, 0) is 0 Å². The number of hydrogen-bond donors (Lipinski definition) is 1. The zero-order valence-electron chi connectivity index (χ0n) is 21.2. The minimum absolute atomic E-state index is 0.161. The number of pyridine rings is 1. The first-order valence-electron chi connectivity index (χ1n) is 12.8. The summed E-state index contributed by atoms with van der Waals surface area (Å²) in [6.45, 7) is 3.10. The number of thioether (sulfide) groups is 1. The molecule has 3 atom stereocenters. The Balaban J connectivity index is 1.24. The molecule has 5 nitrogen and oxygen atoms in total. The van der Waals surface area contributed by atoms with Crippen LogP contribution in [0.1, 0.15) is 37.4 Å². The largest absolute Gasteiger partial charge is 0.497 e. The summed E-state index contributed by atoms with van der Waals surface area (Å²) in [7, 11) is 3.30. The van der Waals surface area contributed by atoms with Gasteiger partial charge in [-0.2, -0.15) is 0 Å². The molecule has 2 aromatic carbocycles. The van der Waals surface area contributed by atoms with Crippen molar-refractivity contribution in [2.24, 2.45) is 11.8 Å². The van der Waals surface area contributed by atoms with E-state index >= 15 is 4.39 Å². The molecule has 0 aliphatic carbocycles. The first-order valence-corrected chi connectivity index (χ1v) is 13.8. The van der Waals surface area contributed by atoms with Crippen LogP contribution in [0.3, 0.4) is 0 Å². The van der Waals surface area contributed by atoms with Gasteiger partial charge >= 0.3 is 0 Å². The van der Waals surface area contributed by atoms with Crippen molar-refractivity contribution >= 4 is 22.7 Å². The van der Waals surface area contributed by atoms with E-state index < -0.39 is 6.17 Å². The molecule has 1 aliphatic rings. The van der Waals surface area contributed by atoms with E-state index in [1.807, 2.05) is 42.1 Å². The Bertz CT molecular complexity index is 1100. The molecule has 194 valence electrons. The molecular weight excluding hydrogens is 475 g/mol. The Morgan fingerprint density at radius 1 is 1.08 bits per heavy atom. The quantitative estimate of drug-likeness (QED) is 0.232. The van der Waals surface area contributed by atoms with Crippen LogP contribution in [-0.4, -0.2) is 61.2 Å². The first-order chi connectivity index (χ1) is 17.6. The normalized spacial score (nSPS) is 19.3. The zero-order chi connectivity index (χ0) is 25.3. The number of aliphatic hydroxyl groups excluding tert-OH is 1. The summed E-state index contributed by atoms with van der Waals surface area (Å²) in [4.78, 5) is 8.08. The fourth-order valence-electron chi connectivity index (χ4n) is 5.16. The van der Waals surface area contributed by atoms with Gasteiger partial charge in [-0.25, -0.2) is 4.39 Å². The molecule has 1 aliphatic heterocycles. The van der Waals surface area contributed by atoms with Crippen LogP contribution in [0.2, 0.25) is 0 Å². The molecule has 1 saturated heterocycles. The van der Waals surface area contributed by atoms with Gasteiger partial charge in [-0.15, -0.1) is 11.8 Å². The van der Waals surface area contributed by atoms with E-state index in [1.165, 1.54) is 4.90 Å². The minimum atomic E-state index is -1.06. The van der Waals surface area contributed by atoms with Gasteiger partial charge in [0.1, 0.15) is 17.7 Å². The second-order valence-electron chi connectivity index (χ2n) is 9.50. The Morgan fingerprint density at radius 3 is 2.61 bits per heavy atom. The van der Waals surface area contributed by atoms with E-state index in [1.54, 1.807) is 26.5 Å². The van der Waals surface area contributed by atoms with E-state index in [0.29, 0.717) is 23.7 Å². The van der Waals surface area contributed by atoms with E-state index in [-0.39, 0.29) is 12.5 Å². The fourth-order valence-corrected chi connectivity index (χ4v) is 6.00. The second kappa shape index (κ2) is 13.3. The third-order valence-electron chi connectivity index (χ3n) is 7.27. The lowest BCUT2D eigenvalue weighted by Gasteiger charge is -2.38. The highest BCUT2D eigenvalue weighted by Crippen LogP contribution is 2.35. The smallest absolute Gasteiger partial charge is 0.126 e. The summed E-state index contributed by atoms with van der Waals surface area (Å²) in [5.41, 5.74) is 1.45. The Labute approximate surface area is 218 Å². The maximum Gasteiger partial charge on any atom is 0.126 e. The summed E-state index contributed by atoms with van der Waals surface area (Å²) < 4.78 is 25.9. The number of methoxy groups -OCH3 is 2. The predicted octanol–water partition coefficient (Wildman–Crippen LogP) is 6.16. The number of piperidine rings is 1. The number of aromatic nitrogens is 1. The van der Waals surface area contributed by atoms with Gasteiger partial charge in [-0.1, -0.05) is 0 Å². The monoisotopic (exact) mass is 512 g/mol.